The molecule has 0 aliphatic carbocycles. The molecule has 0 bridgehead atoms. The highest BCUT2D eigenvalue weighted by Gasteiger charge is 2.28. The lowest BCUT2D eigenvalue weighted by atomic mass is 10.0. The molecule has 0 fully saturated rings. The molecule has 4 aromatic carbocycles. The van der Waals surface area contributed by atoms with E-state index in [2.05, 4.69) is 33.7 Å². The summed E-state index contributed by atoms with van der Waals surface area (Å²) in [6.45, 7) is 2.44. The van der Waals surface area contributed by atoms with Crippen LogP contribution in [0.25, 0.3) is 0 Å². The van der Waals surface area contributed by atoms with Crippen LogP contribution in [0, 0.1) is 11.3 Å². The van der Waals surface area contributed by atoms with Crippen LogP contribution in [0.2, 0.25) is 0 Å². The maximum Gasteiger partial charge on any atom is 0.255 e. The number of hydrogen-bond acceptors (Lipinski definition) is 7. The number of nitrogens with zero attached hydrogens (tertiary/aromatic N) is 2. The van der Waals surface area contributed by atoms with Gasteiger partial charge in [-0.25, -0.2) is 0 Å². The van der Waals surface area contributed by atoms with Gasteiger partial charge in [-0.3, -0.25) is 14.5 Å². The Morgan fingerprint density at radius 3 is 2.41 bits per heavy atom. The summed E-state index contributed by atoms with van der Waals surface area (Å²) in [5.41, 5.74) is 4.82. The molecule has 1 aliphatic rings. The molecule has 46 heavy (non-hydrogen) atoms. The SMILES string of the molecule is COc1ccc(C(=O)Nc2cccc(SC(C(=O)Nc3sc4c(c3C#N)CCN(Cc3ccccc3)C4)c3ccccc3)c2)cc1. The van der Waals surface area contributed by atoms with Crippen LogP contribution in [0.1, 0.15) is 42.7 Å². The molecular weight excluding hydrogens is 613 g/mol. The Bertz CT molecular complexity index is 1870. The van der Waals surface area contributed by atoms with Crippen molar-refractivity contribution in [1.29, 1.82) is 5.26 Å². The van der Waals surface area contributed by atoms with Gasteiger partial charge in [-0.15, -0.1) is 23.1 Å². The van der Waals surface area contributed by atoms with Crippen molar-refractivity contribution in [3.63, 3.8) is 0 Å². The summed E-state index contributed by atoms with van der Waals surface area (Å²) in [4.78, 5) is 31.2. The summed E-state index contributed by atoms with van der Waals surface area (Å²) >= 11 is 2.89. The largest absolute Gasteiger partial charge is 0.497 e. The van der Waals surface area contributed by atoms with E-state index in [9.17, 15) is 14.9 Å². The molecule has 6 rings (SSSR count). The Kier molecular flexibility index (Phi) is 9.79. The van der Waals surface area contributed by atoms with E-state index in [1.54, 1.807) is 31.4 Å². The number of ether oxygens (including phenoxy) is 1. The first-order chi connectivity index (χ1) is 22.5. The van der Waals surface area contributed by atoms with Crippen LogP contribution in [-0.2, 0) is 24.3 Å². The zero-order valence-corrected chi connectivity index (χ0v) is 26.9. The number of carbonyl (C=O) groups excluding carboxylic acids is 2. The molecule has 0 saturated carbocycles. The Morgan fingerprint density at radius 1 is 0.957 bits per heavy atom. The normalized spacial score (nSPS) is 13.2. The standard InChI is InChI=1S/C37H32N4O3S2/c1-44-29-17-15-27(16-18-29)35(42)39-28-13-8-14-30(21-28)45-34(26-11-6-3-7-12-26)36(43)40-37-32(22-38)31-19-20-41(24-33(31)46-37)23-25-9-4-2-5-10-25/h2-18,21,34H,19-20,23-24H2,1H3,(H,39,42)(H,40,43). The molecule has 230 valence electrons. The summed E-state index contributed by atoms with van der Waals surface area (Å²) < 4.78 is 5.19. The van der Waals surface area contributed by atoms with Crippen LogP contribution in [-0.4, -0.2) is 30.4 Å². The first kappa shape index (κ1) is 31.1. The number of amides is 2. The Labute approximate surface area is 276 Å². The number of nitrogens with one attached hydrogen (secondary N) is 2. The summed E-state index contributed by atoms with van der Waals surface area (Å²) in [6.07, 6.45) is 0.767. The molecule has 7 nitrogen and oxygen atoms in total. The Hall–Kier alpha value is -4.88. The Balaban J connectivity index is 1.19. The molecule has 2 heterocycles. The quantitative estimate of drug-likeness (QED) is 0.150. The van der Waals surface area contributed by atoms with Crippen molar-refractivity contribution in [2.24, 2.45) is 0 Å². The van der Waals surface area contributed by atoms with Crippen molar-refractivity contribution in [1.82, 2.24) is 4.90 Å². The summed E-state index contributed by atoms with van der Waals surface area (Å²) in [5.74, 6) is 0.227. The lowest BCUT2D eigenvalue weighted by molar-refractivity contribution is -0.115. The van der Waals surface area contributed by atoms with E-state index >= 15 is 0 Å². The number of rotatable bonds is 10. The highest BCUT2D eigenvalue weighted by molar-refractivity contribution is 8.00. The van der Waals surface area contributed by atoms with Gasteiger partial charge >= 0.3 is 0 Å². The molecule has 2 N–H and O–H groups in total. The third kappa shape index (κ3) is 7.32. The van der Waals surface area contributed by atoms with Crippen LogP contribution in [0.5, 0.6) is 5.75 Å². The predicted octanol–water partition coefficient (Wildman–Crippen LogP) is 7.91. The summed E-state index contributed by atoms with van der Waals surface area (Å²) in [6, 6.07) is 36.7. The average molecular weight is 645 g/mol. The van der Waals surface area contributed by atoms with Gasteiger partial charge in [0.25, 0.3) is 5.91 Å². The topological polar surface area (TPSA) is 94.5 Å². The summed E-state index contributed by atoms with van der Waals surface area (Å²) in [7, 11) is 1.58. The number of hydrogen-bond donors (Lipinski definition) is 2. The molecule has 2 amide bonds. The molecule has 1 unspecified atom stereocenters. The summed E-state index contributed by atoms with van der Waals surface area (Å²) in [5, 5.41) is 16.2. The zero-order chi connectivity index (χ0) is 31.9. The second-order valence-electron chi connectivity index (χ2n) is 10.9. The lowest BCUT2D eigenvalue weighted by Crippen LogP contribution is -2.29. The number of benzene rings is 4. The molecule has 0 saturated heterocycles. The van der Waals surface area contributed by atoms with Crippen molar-refractivity contribution in [3.05, 3.63) is 142 Å². The van der Waals surface area contributed by atoms with Crippen molar-refractivity contribution in [3.8, 4) is 11.8 Å². The van der Waals surface area contributed by atoms with Gasteiger partial charge in [0.05, 0.1) is 12.7 Å². The van der Waals surface area contributed by atoms with E-state index in [-0.39, 0.29) is 11.8 Å². The van der Waals surface area contributed by atoms with Crippen LogP contribution in [0.4, 0.5) is 10.7 Å². The Morgan fingerprint density at radius 2 is 1.70 bits per heavy atom. The van der Waals surface area contributed by atoms with Gasteiger partial charge in [-0.2, -0.15) is 5.26 Å². The average Bonchev–Trinajstić information content (AvgIpc) is 3.44. The number of methoxy groups -OCH3 is 1. The van der Waals surface area contributed by atoms with E-state index in [0.717, 1.165) is 47.0 Å². The van der Waals surface area contributed by atoms with Crippen molar-refractivity contribution in [2.45, 2.75) is 29.7 Å². The minimum Gasteiger partial charge on any atom is -0.497 e. The fourth-order valence-corrected chi connectivity index (χ4v) is 7.77. The fraction of sp³-hybridized carbons (Fsp3) is 0.162. The molecule has 0 spiro atoms. The molecule has 1 aromatic heterocycles. The monoisotopic (exact) mass is 644 g/mol. The van der Waals surface area contributed by atoms with E-state index in [1.807, 2.05) is 72.8 Å². The van der Waals surface area contributed by atoms with Crippen LogP contribution < -0.4 is 15.4 Å². The van der Waals surface area contributed by atoms with Crippen LogP contribution >= 0.6 is 23.1 Å². The number of nitriles is 1. The first-order valence-corrected chi connectivity index (χ1v) is 16.6. The van der Waals surface area contributed by atoms with E-state index < -0.39 is 5.25 Å². The molecule has 5 aromatic rings. The number of thioether (sulfide) groups is 1. The van der Waals surface area contributed by atoms with Gasteiger partial charge in [0.2, 0.25) is 5.91 Å². The highest BCUT2D eigenvalue weighted by atomic mass is 32.2. The smallest absolute Gasteiger partial charge is 0.255 e. The number of thiophene rings is 1. The molecule has 9 heteroatoms. The van der Waals surface area contributed by atoms with Crippen molar-refractivity contribution >= 4 is 45.6 Å². The molecule has 0 radical (unpaired) electrons. The second-order valence-corrected chi connectivity index (χ2v) is 13.2. The molecule has 1 aliphatic heterocycles. The van der Waals surface area contributed by atoms with Crippen molar-refractivity contribution in [2.75, 3.05) is 24.3 Å². The van der Waals surface area contributed by atoms with Gasteiger partial charge in [0, 0.05) is 40.7 Å². The van der Waals surface area contributed by atoms with Gasteiger partial charge < -0.3 is 15.4 Å². The van der Waals surface area contributed by atoms with E-state index in [1.165, 1.54) is 28.7 Å². The van der Waals surface area contributed by atoms with Gasteiger partial charge in [0.1, 0.15) is 22.1 Å². The van der Waals surface area contributed by atoms with Gasteiger partial charge in [-0.1, -0.05) is 66.7 Å². The maximum atomic E-state index is 14.0. The third-order valence-electron chi connectivity index (χ3n) is 7.77. The minimum atomic E-state index is -0.589. The highest BCUT2D eigenvalue weighted by Crippen LogP contribution is 2.41. The molecular formula is C37H32N4O3S2. The third-order valence-corrected chi connectivity index (χ3v) is 10.2. The number of fused-ring (bicyclic) bond motifs is 1. The predicted molar refractivity (Wildman–Crippen MR) is 184 cm³/mol. The van der Waals surface area contributed by atoms with Crippen molar-refractivity contribution < 1.29 is 14.3 Å². The second kappa shape index (κ2) is 14.5. The maximum absolute atomic E-state index is 14.0. The van der Waals surface area contributed by atoms with Crippen LogP contribution in [0.3, 0.4) is 0 Å². The minimum absolute atomic E-state index is 0.208. The number of carbonyl (C=O) groups is 2. The van der Waals surface area contributed by atoms with Gasteiger partial charge in [0.15, 0.2) is 0 Å². The lowest BCUT2D eigenvalue weighted by Gasteiger charge is -2.26. The fourth-order valence-electron chi connectivity index (χ4n) is 5.45. The van der Waals surface area contributed by atoms with E-state index in [4.69, 9.17) is 4.74 Å². The first-order valence-electron chi connectivity index (χ1n) is 14.9. The van der Waals surface area contributed by atoms with Crippen LogP contribution in [0.15, 0.2) is 114 Å². The molecule has 1 atom stereocenters. The number of anilines is 2. The van der Waals surface area contributed by atoms with Gasteiger partial charge in [-0.05, 0) is 65.6 Å². The zero-order valence-electron chi connectivity index (χ0n) is 25.2. The van der Waals surface area contributed by atoms with E-state index in [0.29, 0.717) is 27.6 Å².